The Morgan fingerprint density at radius 1 is 0.897 bits per heavy atom. The predicted molar refractivity (Wildman–Crippen MR) is 122 cm³/mol. The molecule has 39 heavy (non-hydrogen) atoms. The van der Waals surface area contributed by atoms with Gasteiger partial charge in [-0.25, -0.2) is 14.0 Å². The molecule has 4 rings (SSSR count). The highest BCUT2D eigenvalue weighted by Crippen LogP contribution is 2.26. The number of pyridine rings is 1. The predicted octanol–water partition coefficient (Wildman–Crippen LogP) is 3.82. The summed E-state index contributed by atoms with van der Waals surface area (Å²) in [7, 11) is 0. The number of benzene rings is 1. The maximum absolute atomic E-state index is 13.4. The number of alkyl halides is 6. The minimum atomic E-state index is -5.08. The Labute approximate surface area is 218 Å². The molecule has 3 heterocycles. The number of carboxylic acids is 2. The zero-order chi connectivity index (χ0) is 29.2. The van der Waals surface area contributed by atoms with Crippen molar-refractivity contribution in [1.29, 1.82) is 0 Å². The molecule has 216 valence electrons. The van der Waals surface area contributed by atoms with Crippen LogP contribution in [0.4, 0.5) is 30.7 Å². The molecule has 2 saturated heterocycles. The number of carboxylic acid groups (broad SMARTS) is 2. The Bertz CT molecular complexity index is 1050. The van der Waals surface area contributed by atoms with E-state index in [-0.39, 0.29) is 11.9 Å². The van der Waals surface area contributed by atoms with E-state index in [2.05, 4.69) is 20.9 Å². The summed E-state index contributed by atoms with van der Waals surface area (Å²) >= 11 is 0. The van der Waals surface area contributed by atoms with Crippen molar-refractivity contribution in [1.82, 2.24) is 14.8 Å². The van der Waals surface area contributed by atoms with Crippen LogP contribution < -0.4 is 0 Å². The average Bonchev–Trinajstić information content (AvgIpc) is 3.10. The fourth-order valence-electron chi connectivity index (χ4n) is 3.96. The minimum absolute atomic E-state index is 0.162. The van der Waals surface area contributed by atoms with Gasteiger partial charge in [-0.05, 0) is 29.3 Å². The first-order valence-electron chi connectivity index (χ1n) is 11.4. The highest BCUT2D eigenvalue weighted by Gasteiger charge is 2.39. The van der Waals surface area contributed by atoms with E-state index in [1.165, 1.54) is 11.6 Å². The van der Waals surface area contributed by atoms with Crippen molar-refractivity contribution in [3.05, 3.63) is 65.7 Å². The number of aromatic nitrogens is 1. The normalized spacial score (nSPS) is 20.0. The minimum Gasteiger partial charge on any atom is -0.475 e. The summed E-state index contributed by atoms with van der Waals surface area (Å²) in [6, 6.07) is 11.0. The number of hydrogen-bond acceptors (Lipinski definition) is 6. The van der Waals surface area contributed by atoms with Crippen LogP contribution in [-0.4, -0.2) is 88.2 Å². The van der Waals surface area contributed by atoms with Crippen molar-refractivity contribution >= 4 is 11.9 Å². The van der Waals surface area contributed by atoms with Crippen LogP contribution in [0.2, 0.25) is 0 Å². The Morgan fingerprint density at radius 2 is 1.46 bits per heavy atom. The SMILES string of the molecule is Fc1cccc(CN2C[C@@H]3CN(Cc4cccnc4)CCO[C@@H]3C2)c1.O=C(O)C(F)(F)F.O=C(O)C(F)(F)F. The number of halogens is 7. The molecule has 0 bridgehead atoms. The van der Waals surface area contributed by atoms with Crippen LogP contribution in [0.25, 0.3) is 0 Å². The molecule has 2 fully saturated rings. The van der Waals surface area contributed by atoms with Gasteiger partial charge in [-0.15, -0.1) is 0 Å². The summed E-state index contributed by atoms with van der Waals surface area (Å²) in [5, 5.41) is 14.2. The van der Waals surface area contributed by atoms with Crippen molar-refractivity contribution in [2.45, 2.75) is 31.5 Å². The second-order valence-electron chi connectivity index (χ2n) is 8.70. The van der Waals surface area contributed by atoms with Crippen LogP contribution in [0.15, 0.2) is 48.8 Å². The Kier molecular flexibility index (Phi) is 11.6. The van der Waals surface area contributed by atoms with E-state index in [0.717, 1.165) is 51.4 Å². The number of fused-ring (bicyclic) bond motifs is 1. The largest absolute Gasteiger partial charge is 0.490 e. The summed E-state index contributed by atoms with van der Waals surface area (Å²) in [5.74, 6) is -5.17. The van der Waals surface area contributed by atoms with Gasteiger partial charge >= 0.3 is 24.3 Å². The molecular weight excluding hydrogens is 543 g/mol. The first-order valence-corrected chi connectivity index (χ1v) is 11.4. The number of likely N-dealkylation sites (tertiary alicyclic amines) is 1. The van der Waals surface area contributed by atoms with Crippen molar-refractivity contribution in [3.63, 3.8) is 0 Å². The van der Waals surface area contributed by atoms with Gasteiger partial charge in [0.05, 0.1) is 12.7 Å². The lowest BCUT2D eigenvalue weighted by Gasteiger charge is -2.23. The molecule has 0 saturated carbocycles. The van der Waals surface area contributed by atoms with Gasteiger partial charge in [-0.2, -0.15) is 26.3 Å². The van der Waals surface area contributed by atoms with E-state index >= 15 is 0 Å². The molecular formula is C24H26F7N3O5. The lowest BCUT2D eigenvalue weighted by molar-refractivity contribution is -0.193. The van der Waals surface area contributed by atoms with Crippen LogP contribution in [0.5, 0.6) is 0 Å². The molecule has 0 aliphatic carbocycles. The smallest absolute Gasteiger partial charge is 0.475 e. The third-order valence-corrected chi connectivity index (χ3v) is 5.60. The summed E-state index contributed by atoms with van der Waals surface area (Å²) in [6.07, 6.45) is -6.13. The van der Waals surface area contributed by atoms with Crippen LogP contribution in [-0.2, 0) is 27.4 Å². The standard InChI is InChI=1S/C20H24FN3O.2C2HF3O2/c21-19-5-1-3-16(9-19)11-24-14-18-13-23(7-8-25-20(18)15-24)12-17-4-2-6-22-10-17;2*3-2(4,5)1(6)7/h1-6,9-10,18,20H,7-8,11-15H2;2*(H,6,7)/t18-,20+;;/m0../s1. The summed E-state index contributed by atoms with van der Waals surface area (Å²) in [6.45, 7) is 6.42. The molecule has 2 N–H and O–H groups in total. The highest BCUT2D eigenvalue weighted by atomic mass is 19.4. The fraction of sp³-hybridized carbons (Fsp3) is 0.458. The summed E-state index contributed by atoms with van der Waals surface area (Å²) < 4.78 is 83.0. The van der Waals surface area contributed by atoms with E-state index in [0.29, 0.717) is 5.92 Å². The van der Waals surface area contributed by atoms with E-state index in [1.807, 2.05) is 24.5 Å². The van der Waals surface area contributed by atoms with Crippen LogP contribution >= 0.6 is 0 Å². The molecule has 1 aromatic carbocycles. The van der Waals surface area contributed by atoms with Crippen molar-refractivity contribution < 1.29 is 55.3 Å². The topological polar surface area (TPSA) is 103 Å². The Morgan fingerprint density at radius 3 is 2.00 bits per heavy atom. The maximum atomic E-state index is 13.4. The van der Waals surface area contributed by atoms with Crippen LogP contribution in [0.1, 0.15) is 11.1 Å². The van der Waals surface area contributed by atoms with Gasteiger partial charge in [-0.1, -0.05) is 18.2 Å². The monoisotopic (exact) mass is 569 g/mol. The molecule has 0 amide bonds. The molecule has 1 aromatic heterocycles. The zero-order valence-electron chi connectivity index (χ0n) is 20.3. The number of aliphatic carboxylic acids is 2. The summed E-state index contributed by atoms with van der Waals surface area (Å²) in [4.78, 5) is 26.9. The van der Waals surface area contributed by atoms with Gasteiger partial charge in [0.2, 0.25) is 0 Å². The van der Waals surface area contributed by atoms with Crippen LogP contribution in [0, 0.1) is 11.7 Å². The van der Waals surface area contributed by atoms with E-state index in [1.54, 1.807) is 12.1 Å². The third-order valence-electron chi connectivity index (χ3n) is 5.60. The van der Waals surface area contributed by atoms with Gasteiger partial charge in [-0.3, -0.25) is 14.8 Å². The zero-order valence-corrected chi connectivity index (χ0v) is 20.3. The van der Waals surface area contributed by atoms with E-state index < -0.39 is 24.3 Å². The fourth-order valence-corrected chi connectivity index (χ4v) is 3.96. The first-order chi connectivity index (χ1) is 18.1. The molecule has 0 unspecified atom stereocenters. The lowest BCUT2D eigenvalue weighted by atomic mass is 10.1. The number of rotatable bonds is 4. The van der Waals surface area contributed by atoms with Gasteiger partial charge in [0.1, 0.15) is 5.82 Å². The maximum Gasteiger partial charge on any atom is 0.490 e. The van der Waals surface area contributed by atoms with E-state index in [9.17, 15) is 30.7 Å². The number of carbonyl (C=O) groups is 2. The average molecular weight is 569 g/mol. The molecule has 8 nitrogen and oxygen atoms in total. The summed E-state index contributed by atoms with van der Waals surface area (Å²) in [5.41, 5.74) is 2.28. The number of hydrogen-bond donors (Lipinski definition) is 2. The highest BCUT2D eigenvalue weighted by molar-refractivity contribution is 5.73. The molecule has 2 aliphatic rings. The van der Waals surface area contributed by atoms with Crippen molar-refractivity contribution in [3.8, 4) is 0 Å². The molecule has 2 aromatic rings. The third kappa shape index (κ3) is 11.5. The quantitative estimate of drug-likeness (QED) is 0.536. The molecule has 0 spiro atoms. The second-order valence-corrected chi connectivity index (χ2v) is 8.70. The second kappa shape index (κ2) is 14.2. The lowest BCUT2D eigenvalue weighted by Crippen LogP contribution is -2.32. The molecule has 2 aliphatic heterocycles. The molecule has 0 radical (unpaired) electrons. The van der Waals surface area contributed by atoms with Crippen molar-refractivity contribution in [2.75, 3.05) is 32.8 Å². The molecule has 15 heteroatoms. The number of nitrogens with zero attached hydrogens (tertiary/aromatic N) is 3. The van der Waals surface area contributed by atoms with Gasteiger partial charge in [0.15, 0.2) is 0 Å². The van der Waals surface area contributed by atoms with Crippen LogP contribution in [0.3, 0.4) is 0 Å². The van der Waals surface area contributed by atoms with E-state index in [4.69, 9.17) is 24.5 Å². The van der Waals surface area contributed by atoms with Gasteiger partial charge < -0.3 is 14.9 Å². The first kappa shape index (κ1) is 31.9. The van der Waals surface area contributed by atoms with Crippen molar-refractivity contribution in [2.24, 2.45) is 5.92 Å². The Balaban J connectivity index is 0.000000317. The van der Waals surface area contributed by atoms with Gasteiger partial charge in [0, 0.05) is 57.6 Å². The molecule has 2 atom stereocenters. The van der Waals surface area contributed by atoms with Gasteiger partial charge in [0.25, 0.3) is 0 Å². The number of ether oxygens (including phenoxy) is 1. The Hall–Kier alpha value is -3.30.